The molecule has 42 heavy (non-hydrogen) atoms. The predicted molar refractivity (Wildman–Crippen MR) is 147 cm³/mol. The van der Waals surface area contributed by atoms with Gasteiger partial charge in [-0.15, -0.1) is 0 Å². The van der Waals surface area contributed by atoms with Gasteiger partial charge in [0.1, 0.15) is 36.5 Å². The Morgan fingerprint density at radius 3 is 2.83 bits per heavy atom. The van der Waals surface area contributed by atoms with Crippen LogP contribution in [0.15, 0.2) is 17.1 Å². The van der Waals surface area contributed by atoms with Gasteiger partial charge < -0.3 is 31.1 Å². The second-order valence-corrected chi connectivity index (χ2v) is 13.7. The molecule has 1 amide bonds. The van der Waals surface area contributed by atoms with Crippen LogP contribution in [0.2, 0.25) is 0 Å². The quantitative estimate of drug-likeness (QED) is 0.165. The number of aliphatic hydroxyl groups excluding tert-OH is 1. The van der Waals surface area contributed by atoms with Gasteiger partial charge in [-0.05, 0) is 41.9 Å². The molecule has 1 aromatic heterocycles. The summed E-state index contributed by atoms with van der Waals surface area (Å²) in [7, 11) is -4.45. The number of amides is 1. The molecule has 5 N–H and O–H groups in total. The molecule has 0 saturated carbocycles. The maximum atomic E-state index is 16.1. The first-order chi connectivity index (χ1) is 19.6. The highest BCUT2D eigenvalue weighted by Crippen LogP contribution is 2.59. The van der Waals surface area contributed by atoms with Gasteiger partial charge in [-0.2, -0.15) is 5.26 Å². The van der Waals surface area contributed by atoms with Crippen molar-refractivity contribution in [3.05, 3.63) is 23.5 Å². The van der Waals surface area contributed by atoms with Crippen molar-refractivity contribution >= 4 is 41.5 Å². The highest BCUT2D eigenvalue weighted by Gasteiger charge is 2.69. The molecule has 4 rings (SSSR count). The summed E-state index contributed by atoms with van der Waals surface area (Å²) >= 11 is 2.83. The fraction of sp³-hybridized carbons (Fsp3) is 0.667. The molecule has 0 radical (unpaired) electrons. The number of ether oxygens (including phenoxy) is 2. The van der Waals surface area contributed by atoms with Crippen LogP contribution in [-0.2, 0) is 42.8 Å². The number of carbonyl (C=O) groups is 2. The number of phosphoric ester groups is 1. The van der Waals surface area contributed by atoms with Gasteiger partial charge in [-0.25, -0.2) is 13.9 Å². The largest absolute Gasteiger partial charge is 0.475 e. The number of esters is 1. The second kappa shape index (κ2) is 11.8. The molecule has 2 unspecified atom stereocenters. The molecular weight excluding hydrogens is 646 g/mol. The highest BCUT2D eigenvalue weighted by molar-refractivity contribution is 9.10. The number of aliphatic imine (C=N–C) groups is 1. The summed E-state index contributed by atoms with van der Waals surface area (Å²) in [4.78, 5) is 28.7. The van der Waals surface area contributed by atoms with Crippen molar-refractivity contribution in [3.8, 4) is 6.07 Å². The zero-order valence-corrected chi connectivity index (χ0v) is 25.8. The summed E-state index contributed by atoms with van der Waals surface area (Å²) in [6.07, 6.45) is -5.23. The molecule has 18 heteroatoms. The van der Waals surface area contributed by atoms with E-state index < -0.39 is 60.2 Å². The molecule has 2 saturated heterocycles. The van der Waals surface area contributed by atoms with Crippen LogP contribution in [0.1, 0.15) is 45.5 Å². The van der Waals surface area contributed by atoms with E-state index in [0.29, 0.717) is 5.69 Å². The molecule has 0 spiro atoms. The van der Waals surface area contributed by atoms with Crippen LogP contribution in [0.4, 0.5) is 4.39 Å². The van der Waals surface area contributed by atoms with Gasteiger partial charge in [0, 0.05) is 12.0 Å². The van der Waals surface area contributed by atoms with Crippen LogP contribution in [0.25, 0.3) is 0 Å². The van der Waals surface area contributed by atoms with Crippen LogP contribution < -0.4 is 16.5 Å². The normalized spacial score (nSPS) is 33.7. The topological polar surface area (TPSA) is 209 Å². The van der Waals surface area contributed by atoms with E-state index in [1.54, 1.807) is 33.8 Å². The van der Waals surface area contributed by atoms with E-state index in [4.69, 9.17) is 28.8 Å². The third kappa shape index (κ3) is 5.94. The first kappa shape index (κ1) is 32.3. The average Bonchev–Trinajstić information content (AvgIpc) is 3.43. The van der Waals surface area contributed by atoms with Crippen molar-refractivity contribution in [2.24, 2.45) is 16.1 Å². The van der Waals surface area contributed by atoms with Gasteiger partial charge in [0.2, 0.25) is 16.1 Å². The summed E-state index contributed by atoms with van der Waals surface area (Å²) in [5.41, 5.74) is 5.73. The van der Waals surface area contributed by atoms with E-state index in [2.05, 4.69) is 31.7 Å². The number of carbonyl (C=O) groups excluding carboxylic acids is 2. The number of rotatable bonds is 9. The van der Waals surface area contributed by atoms with Crippen LogP contribution in [-0.4, -0.2) is 82.9 Å². The molecule has 15 nitrogen and oxygen atoms in total. The highest BCUT2D eigenvalue weighted by atomic mass is 79.9. The Morgan fingerprint density at radius 1 is 1.45 bits per heavy atom. The molecule has 232 valence electrons. The smallest absolute Gasteiger partial charge is 0.463 e. The zero-order valence-electron chi connectivity index (χ0n) is 23.3. The SMILES string of the molecule is CC(C)OC(=O)CCNC(=O)[C@@H]1OP(=O)(OC[C@H]2O[C@@](C#N)(c3ccc4n3NCN=C4N)[C@@](F)(Br)C2O)OCC1(C)C. The van der Waals surface area contributed by atoms with Crippen LogP contribution in [0.3, 0.4) is 0 Å². The van der Waals surface area contributed by atoms with Crippen molar-refractivity contribution in [1.29, 1.82) is 5.26 Å². The summed E-state index contributed by atoms with van der Waals surface area (Å²) in [6.45, 7) is 5.72. The Hall–Kier alpha value is -2.58. The lowest BCUT2D eigenvalue weighted by Crippen LogP contribution is -2.50. The second-order valence-electron chi connectivity index (χ2n) is 10.9. The van der Waals surface area contributed by atoms with E-state index in [0.717, 1.165) is 0 Å². The van der Waals surface area contributed by atoms with Gasteiger partial charge in [0.25, 0.3) is 0 Å². The molecular formula is C24H33BrFN6O9P. The minimum Gasteiger partial charge on any atom is -0.463 e. The first-order valence-corrected chi connectivity index (χ1v) is 15.3. The maximum absolute atomic E-state index is 16.1. The monoisotopic (exact) mass is 678 g/mol. The lowest BCUT2D eigenvalue weighted by molar-refractivity contribution is -0.147. The number of halogens is 2. The molecule has 4 heterocycles. The molecule has 0 bridgehead atoms. The number of nitrogens with one attached hydrogen (secondary N) is 2. The Labute approximate surface area is 249 Å². The molecule has 6 atom stereocenters. The van der Waals surface area contributed by atoms with Crippen molar-refractivity contribution in [3.63, 3.8) is 0 Å². The van der Waals surface area contributed by atoms with Crippen LogP contribution in [0, 0.1) is 16.7 Å². The third-order valence-corrected chi connectivity index (χ3v) is 9.24. The Balaban J connectivity index is 1.45. The number of hydrogen-bond acceptors (Lipinski definition) is 13. The van der Waals surface area contributed by atoms with E-state index in [1.807, 2.05) is 0 Å². The van der Waals surface area contributed by atoms with Crippen molar-refractivity contribution in [2.75, 3.05) is 31.9 Å². The molecule has 1 aromatic rings. The predicted octanol–water partition coefficient (Wildman–Crippen LogP) is 1.27. The fourth-order valence-electron chi connectivity index (χ4n) is 4.64. The van der Waals surface area contributed by atoms with Gasteiger partial charge in [0.05, 0.1) is 31.4 Å². The van der Waals surface area contributed by atoms with E-state index in [1.165, 1.54) is 16.8 Å². The van der Waals surface area contributed by atoms with Gasteiger partial charge in [-0.3, -0.25) is 27.8 Å². The number of amidine groups is 1. The van der Waals surface area contributed by atoms with Gasteiger partial charge >= 0.3 is 13.8 Å². The van der Waals surface area contributed by atoms with E-state index >= 15 is 4.39 Å². The average molecular weight is 679 g/mol. The first-order valence-electron chi connectivity index (χ1n) is 13.0. The van der Waals surface area contributed by atoms with Crippen LogP contribution in [0.5, 0.6) is 0 Å². The number of alkyl halides is 2. The summed E-state index contributed by atoms with van der Waals surface area (Å²) in [5.74, 6) is -1.02. The number of nitrogens with zero attached hydrogens (tertiary/aromatic N) is 3. The summed E-state index contributed by atoms with van der Waals surface area (Å²) in [5, 5.41) is 23.5. The zero-order chi connectivity index (χ0) is 31.1. The number of aromatic nitrogens is 1. The van der Waals surface area contributed by atoms with Crippen molar-refractivity contribution < 1.29 is 46.7 Å². The number of fused-ring (bicyclic) bond motifs is 1. The molecule has 3 aliphatic heterocycles. The minimum absolute atomic E-state index is 0.0219. The Morgan fingerprint density at radius 2 is 2.17 bits per heavy atom. The van der Waals surface area contributed by atoms with Gasteiger partial charge in [-0.1, -0.05) is 13.8 Å². The van der Waals surface area contributed by atoms with Crippen molar-refractivity contribution in [2.45, 2.75) is 68.7 Å². The summed E-state index contributed by atoms with van der Waals surface area (Å²) < 4.78 is 55.0. The third-order valence-electron chi connectivity index (χ3n) is 6.83. The molecule has 3 aliphatic rings. The van der Waals surface area contributed by atoms with E-state index in [9.17, 15) is 24.5 Å². The van der Waals surface area contributed by atoms with Crippen molar-refractivity contribution in [1.82, 2.24) is 9.99 Å². The number of nitriles is 1. The van der Waals surface area contributed by atoms with E-state index in [-0.39, 0.29) is 43.9 Å². The Bertz CT molecular complexity index is 1350. The number of nitrogens with two attached hydrogens (primary N) is 1. The number of aliphatic hydroxyl groups is 1. The maximum Gasteiger partial charge on any atom is 0.475 e. The lowest BCUT2D eigenvalue weighted by Gasteiger charge is -2.39. The fourth-order valence-corrected chi connectivity index (χ4v) is 6.98. The molecule has 0 aromatic carbocycles. The van der Waals surface area contributed by atoms with Crippen LogP contribution >= 0.6 is 23.8 Å². The molecule has 2 fully saturated rings. The Kier molecular flexibility index (Phi) is 9.11. The van der Waals surface area contributed by atoms with Gasteiger partial charge in [0.15, 0.2) is 6.10 Å². The molecule has 0 aliphatic carbocycles. The number of phosphoric acid groups is 1. The standard InChI is InChI=1S/C24H33BrFN6O9P/c1-13(2)39-17(33)7-8-29-21(35)19-22(3,4)11-38-42(36,41-19)37-9-15-18(34)24(25,26)23(10-27,40-15)16-6-5-14-20(28)30-12-31-32(14)16/h5-6,13,15,18-19,31,34H,7-9,11-12H2,1-4H3,(H2,28,30)(H,29,35)/t15-,18?,19+,23+,24-,42?/m1/s1. The summed E-state index contributed by atoms with van der Waals surface area (Å²) in [6, 6.07) is 4.70. The lowest BCUT2D eigenvalue weighted by atomic mass is 9.87. The number of hydrogen-bond donors (Lipinski definition) is 4. The minimum atomic E-state index is -4.45.